The predicted molar refractivity (Wildman–Crippen MR) is 73.4 cm³/mol. The molecule has 0 fully saturated rings. The first-order valence-corrected chi connectivity index (χ1v) is 8.20. The number of thioether (sulfide) groups is 1. The molecule has 16 heavy (non-hydrogen) atoms. The Morgan fingerprint density at radius 2 is 2.38 bits per heavy atom. The van der Waals surface area contributed by atoms with Crippen LogP contribution in [0.2, 0.25) is 0 Å². The van der Waals surface area contributed by atoms with E-state index in [1.165, 1.54) is 47.0 Å². The average Bonchev–Trinajstić information content (AvgIpc) is 2.83. The summed E-state index contributed by atoms with van der Waals surface area (Å²) in [5.41, 5.74) is 1.37. The lowest BCUT2D eigenvalue weighted by Gasteiger charge is -2.11. The zero-order chi connectivity index (χ0) is 11.4. The molecule has 1 aliphatic carbocycles. The lowest BCUT2D eigenvalue weighted by Crippen LogP contribution is -2.25. The number of hydrogen-bond donors (Lipinski definition) is 1. The summed E-state index contributed by atoms with van der Waals surface area (Å²) in [4.78, 5) is 6.23. The van der Waals surface area contributed by atoms with Gasteiger partial charge in [0.2, 0.25) is 0 Å². The molecule has 0 bridgehead atoms. The Kier molecular flexibility index (Phi) is 4.67. The summed E-state index contributed by atoms with van der Waals surface area (Å²) in [6.07, 6.45) is 7.18. The second-order valence-electron chi connectivity index (χ2n) is 4.39. The molecule has 90 valence electrons. The Hall–Kier alpha value is -0.0600. The van der Waals surface area contributed by atoms with Crippen LogP contribution in [0.15, 0.2) is 0 Å². The van der Waals surface area contributed by atoms with Gasteiger partial charge in [-0.3, -0.25) is 0 Å². The molecule has 1 unspecified atom stereocenters. The number of rotatable bonds is 6. The van der Waals surface area contributed by atoms with Crippen molar-refractivity contribution in [1.29, 1.82) is 0 Å². The fourth-order valence-corrected chi connectivity index (χ4v) is 3.67. The van der Waals surface area contributed by atoms with Crippen molar-refractivity contribution in [2.24, 2.45) is 0 Å². The Morgan fingerprint density at radius 3 is 3.12 bits per heavy atom. The highest BCUT2D eigenvalue weighted by Crippen LogP contribution is 2.27. The monoisotopic (exact) mass is 256 g/mol. The molecule has 0 saturated carbocycles. The first kappa shape index (κ1) is 12.4. The third kappa shape index (κ3) is 3.22. The van der Waals surface area contributed by atoms with Crippen LogP contribution in [-0.2, 0) is 19.4 Å². The highest BCUT2D eigenvalue weighted by Gasteiger charge is 2.16. The molecule has 1 N–H and O–H groups in total. The van der Waals surface area contributed by atoms with Gasteiger partial charge in [-0.2, -0.15) is 11.8 Å². The fraction of sp³-hybridized carbons (Fsp3) is 0.750. The van der Waals surface area contributed by atoms with E-state index in [1.54, 1.807) is 0 Å². The third-order valence-electron chi connectivity index (χ3n) is 3.00. The molecule has 0 amide bonds. The van der Waals surface area contributed by atoms with E-state index >= 15 is 0 Å². The highest BCUT2D eigenvalue weighted by molar-refractivity contribution is 7.98. The van der Waals surface area contributed by atoms with Crippen LogP contribution in [0.4, 0.5) is 0 Å². The third-order valence-corrected chi connectivity index (χ3v) is 4.80. The van der Waals surface area contributed by atoms with Crippen molar-refractivity contribution in [3.63, 3.8) is 0 Å². The lowest BCUT2D eigenvalue weighted by molar-refractivity contribution is 0.536. The van der Waals surface area contributed by atoms with E-state index < -0.39 is 0 Å². The van der Waals surface area contributed by atoms with Crippen LogP contribution in [-0.4, -0.2) is 23.0 Å². The van der Waals surface area contributed by atoms with Gasteiger partial charge >= 0.3 is 0 Å². The normalized spacial score (nSPS) is 16.4. The van der Waals surface area contributed by atoms with E-state index in [9.17, 15) is 0 Å². The number of nitrogens with zero attached hydrogens (tertiary/aromatic N) is 1. The van der Waals surface area contributed by atoms with Gasteiger partial charge in [-0.1, -0.05) is 0 Å². The zero-order valence-corrected chi connectivity index (χ0v) is 11.7. The second kappa shape index (κ2) is 6.03. The summed E-state index contributed by atoms with van der Waals surface area (Å²) in [6, 6.07) is 0.603. The summed E-state index contributed by atoms with van der Waals surface area (Å²) >= 11 is 3.83. The molecule has 2 nitrogen and oxygen atoms in total. The van der Waals surface area contributed by atoms with E-state index in [4.69, 9.17) is 4.98 Å². The van der Waals surface area contributed by atoms with Crippen molar-refractivity contribution in [2.45, 2.75) is 45.2 Å². The maximum Gasteiger partial charge on any atom is 0.107 e. The molecule has 1 heterocycles. The maximum atomic E-state index is 4.69. The van der Waals surface area contributed by atoms with E-state index in [2.05, 4.69) is 18.5 Å². The topological polar surface area (TPSA) is 24.9 Å². The summed E-state index contributed by atoms with van der Waals surface area (Å²) in [6.45, 7) is 3.21. The molecule has 1 aliphatic rings. The van der Waals surface area contributed by atoms with Crippen molar-refractivity contribution in [2.75, 3.05) is 12.0 Å². The molecule has 1 aromatic heterocycles. The largest absolute Gasteiger partial charge is 0.308 e. The van der Waals surface area contributed by atoms with E-state index in [0.717, 1.165) is 6.54 Å². The lowest BCUT2D eigenvalue weighted by atomic mass is 10.2. The van der Waals surface area contributed by atoms with Gasteiger partial charge in [0, 0.05) is 17.5 Å². The minimum Gasteiger partial charge on any atom is -0.308 e. The minimum atomic E-state index is 0.603. The van der Waals surface area contributed by atoms with Crippen LogP contribution in [0.5, 0.6) is 0 Å². The van der Waals surface area contributed by atoms with Gasteiger partial charge in [0.05, 0.1) is 5.69 Å². The zero-order valence-electron chi connectivity index (χ0n) is 10.1. The molecule has 0 spiro atoms. The number of aryl methyl sites for hydroxylation is 2. The quantitative estimate of drug-likeness (QED) is 0.847. The molecule has 0 saturated heterocycles. The maximum absolute atomic E-state index is 4.69. The van der Waals surface area contributed by atoms with E-state index in [0.29, 0.717) is 6.04 Å². The molecular weight excluding hydrogens is 236 g/mol. The van der Waals surface area contributed by atoms with Gasteiger partial charge in [0.25, 0.3) is 0 Å². The Labute approximate surface area is 106 Å². The fourth-order valence-electron chi connectivity index (χ4n) is 1.98. The number of aromatic nitrogens is 1. The van der Waals surface area contributed by atoms with Crippen LogP contribution in [0.3, 0.4) is 0 Å². The number of thiazole rings is 1. The van der Waals surface area contributed by atoms with E-state index in [-0.39, 0.29) is 0 Å². The van der Waals surface area contributed by atoms with Crippen LogP contribution in [0, 0.1) is 0 Å². The molecule has 0 aliphatic heterocycles. The molecule has 2 rings (SSSR count). The van der Waals surface area contributed by atoms with Gasteiger partial charge in [-0.15, -0.1) is 11.3 Å². The Morgan fingerprint density at radius 1 is 1.50 bits per heavy atom. The molecule has 1 aromatic rings. The number of nitrogens with one attached hydrogen (secondary N) is 1. The molecule has 0 aromatic carbocycles. The molecule has 4 heteroatoms. The van der Waals surface area contributed by atoms with Gasteiger partial charge in [0.1, 0.15) is 5.01 Å². The summed E-state index contributed by atoms with van der Waals surface area (Å²) in [7, 11) is 0. The highest BCUT2D eigenvalue weighted by atomic mass is 32.2. The predicted octanol–water partition coefficient (Wildman–Crippen LogP) is 2.86. The Bertz CT molecular complexity index is 314. The molecule has 0 radical (unpaired) electrons. The second-order valence-corrected chi connectivity index (χ2v) is 6.55. The standard InChI is InChI=1S/C12H20N2S2/c1-9(6-7-15-2)13-8-12-14-10-4-3-5-11(10)16-12/h9,13H,3-8H2,1-2H3. The molecule has 1 atom stereocenters. The first-order valence-electron chi connectivity index (χ1n) is 5.99. The summed E-state index contributed by atoms with van der Waals surface area (Å²) < 4.78 is 0. The van der Waals surface area contributed by atoms with Gasteiger partial charge in [-0.25, -0.2) is 4.98 Å². The van der Waals surface area contributed by atoms with Crippen LogP contribution in [0.25, 0.3) is 0 Å². The average molecular weight is 256 g/mol. The van der Waals surface area contributed by atoms with Crippen LogP contribution >= 0.6 is 23.1 Å². The SMILES string of the molecule is CSCCC(C)NCc1nc2c(s1)CCC2. The van der Waals surface area contributed by atoms with Crippen molar-refractivity contribution < 1.29 is 0 Å². The summed E-state index contributed by atoms with van der Waals surface area (Å²) in [5.74, 6) is 1.24. The number of fused-ring (bicyclic) bond motifs is 1. The van der Waals surface area contributed by atoms with Crippen molar-refractivity contribution >= 4 is 23.1 Å². The first-order chi connectivity index (χ1) is 7.79. The van der Waals surface area contributed by atoms with Crippen molar-refractivity contribution in [3.05, 3.63) is 15.6 Å². The van der Waals surface area contributed by atoms with Gasteiger partial charge in [0.15, 0.2) is 0 Å². The van der Waals surface area contributed by atoms with Crippen LogP contribution < -0.4 is 5.32 Å². The number of hydrogen-bond acceptors (Lipinski definition) is 4. The van der Waals surface area contributed by atoms with Crippen molar-refractivity contribution in [3.8, 4) is 0 Å². The smallest absolute Gasteiger partial charge is 0.107 e. The van der Waals surface area contributed by atoms with Crippen molar-refractivity contribution in [1.82, 2.24) is 10.3 Å². The van der Waals surface area contributed by atoms with Crippen LogP contribution in [0.1, 0.15) is 35.3 Å². The summed E-state index contributed by atoms with van der Waals surface area (Å²) in [5, 5.41) is 4.84. The van der Waals surface area contributed by atoms with E-state index in [1.807, 2.05) is 23.1 Å². The minimum absolute atomic E-state index is 0.603. The van der Waals surface area contributed by atoms with Gasteiger partial charge in [-0.05, 0) is 44.6 Å². The Balaban J connectivity index is 1.76. The van der Waals surface area contributed by atoms with Gasteiger partial charge < -0.3 is 5.32 Å². The molecular formula is C12H20N2S2.